The Morgan fingerprint density at radius 1 is 1.69 bits per heavy atom. The fraction of sp³-hybridized carbons (Fsp3) is 0.700. The van der Waals surface area contributed by atoms with Gasteiger partial charge in [0.25, 0.3) is 0 Å². The number of aromatic nitrogens is 2. The number of nitrogens with zero attached hydrogens (tertiary/aromatic N) is 2. The van der Waals surface area contributed by atoms with E-state index in [1.165, 1.54) is 19.3 Å². The number of hydrogen-bond donors (Lipinski definition) is 1. The second-order valence-electron chi connectivity index (χ2n) is 4.09. The minimum Gasteiger partial charge on any atom is -0.340 e. The Hall–Kier alpha value is -0.830. The van der Waals surface area contributed by atoms with Crippen molar-refractivity contribution in [2.75, 3.05) is 0 Å². The maximum atomic E-state index is 6.01. The number of rotatable bonds is 4. The van der Waals surface area contributed by atoms with Crippen molar-refractivity contribution >= 4 is 0 Å². The van der Waals surface area contributed by atoms with Crippen molar-refractivity contribution < 1.29 is 0 Å². The monoisotopic (exact) mass is 179 g/mol. The highest BCUT2D eigenvalue weighted by atomic mass is 15.0. The van der Waals surface area contributed by atoms with Crippen molar-refractivity contribution in [2.24, 2.45) is 18.7 Å². The van der Waals surface area contributed by atoms with Crippen LogP contribution in [0.1, 0.15) is 37.4 Å². The molecule has 3 nitrogen and oxygen atoms in total. The van der Waals surface area contributed by atoms with E-state index in [1.807, 2.05) is 24.1 Å². The average molecular weight is 179 g/mol. The molecule has 1 aliphatic carbocycles. The van der Waals surface area contributed by atoms with Gasteiger partial charge in [-0.15, -0.1) is 0 Å². The van der Waals surface area contributed by atoms with Gasteiger partial charge in [-0.3, -0.25) is 0 Å². The standard InChI is InChI=1S/C10H17N3/c1-13-6-10(12-7-13)9(11)5-4-8-2-3-8/h6-9H,2-5,11H2,1H3. The molecular formula is C10H17N3. The summed E-state index contributed by atoms with van der Waals surface area (Å²) in [6.45, 7) is 0. The van der Waals surface area contributed by atoms with Gasteiger partial charge in [-0.1, -0.05) is 12.8 Å². The summed E-state index contributed by atoms with van der Waals surface area (Å²) in [5.74, 6) is 0.967. The second kappa shape index (κ2) is 3.50. The third-order valence-electron chi connectivity index (χ3n) is 2.69. The first-order chi connectivity index (χ1) is 6.25. The van der Waals surface area contributed by atoms with Crippen molar-refractivity contribution in [3.8, 4) is 0 Å². The van der Waals surface area contributed by atoms with Crippen LogP contribution in [-0.2, 0) is 7.05 Å². The molecule has 0 radical (unpaired) electrons. The molecule has 1 unspecified atom stereocenters. The van der Waals surface area contributed by atoms with Crippen molar-refractivity contribution in [1.29, 1.82) is 0 Å². The van der Waals surface area contributed by atoms with Gasteiger partial charge in [0.2, 0.25) is 0 Å². The van der Waals surface area contributed by atoms with Crippen LogP contribution in [0.3, 0.4) is 0 Å². The van der Waals surface area contributed by atoms with E-state index in [0.717, 1.165) is 18.0 Å². The van der Waals surface area contributed by atoms with E-state index < -0.39 is 0 Å². The van der Waals surface area contributed by atoms with Crippen LogP contribution in [0.5, 0.6) is 0 Å². The molecule has 0 saturated heterocycles. The van der Waals surface area contributed by atoms with Crippen LogP contribution in [0.25, 0.3) is 0 Å². The normalized spacial score (nSPS) is 18.9. The fourth-order valence-corrected chi connectivity index (χ4v) is 1.59. The summed E-state index contributed by atoms with van der Waals surface area (Å²) in [6, 6.07) is 0.141. The van der Waals surface area contributed by atoms with E-state index in [1.54, 1.807) is 0 Å². The molecule has 3 heteroatoms. The molecule has 1 atom stereocenters. The van der Waals surface area contributed by atoms with Crippen LogP contribution in [-0.4, -0.2) is 9.55 Å². The summed E-state index contributed by atoms with van der Waals surface area (Å²) in [5, 5.41) is 0. The number of nitrogens with two attached hydrogens (primary N) is 1. The molecule has 1 aliphatic rings. The van der Waals surface area contributed by atoms with Crippen molar-refractivity contribution in [3.05, 3.63) is 18.2 Å². The van der Waals surface area contributed by atoms with Crippen molar-refractivity contribution in [1.82, 2.24) is 9.55 Å². The third kappa shape index (κ3) is 2.31. The van der Waals surface area contributed by atoms with E-state index in [-0.39, 0.29) is 6.04 Å². The molecule has 0 aliphatic heterocycles. The van der Waals surface area contributed by atoms with Gasteiger partial charge < -0.3 is 10.3 Å². The number of hydrogen-bond acceptors (Lipinski definition) is 2. The zero-order chi connectivity index (χ0) is 9.26. The fourth-order valence-electron chi connectivity index (χ4n) is 1.59. The van der Waals surface area contributed by atoms with Crippen LogP contribution in [0.15, 0.2) is 12.5 Å². The lowest BCUT2D eigenvalue weighted by Crippen LogP contribution is -2.10. The zero-order valence-electron chi connectivity index (χ0n) is 8.11. The molecule has 1 aromatic rings. The Morgan fingerprint density at radius 3 is 3.00 bits per heavy atom. The molecule has 13 heavy (non-hydrogen) atoms. The minimum absolute atomic E-state index is 0.141. The Morgan fingerprint density at radius 2 is 2.46 bits per heavy atom. The first-order valence-corrected chi connectivity index (χ1v) is 4.99. The lowest BCUT2D eigenvalue weighted by molar-refractivity contribution is 0.566. The van der Waals surface area contributed by atoms with Crippen LogP contribution in [0.2, 0.25) is 0 Å². The molecule has 1 saturated carbocycles. The first-order valence-electron chi connectivity index (χ1n) is 4.99. The van der Waals surface area contributed by atoms with E-state index in [9.17, 15) is 0 Å². The van der Waals surface area contributed by atoms with Gasteiger partial charge in [-0.05, 0) is 18.8 Å². The van der Waals surface area contributed by atoms with Gasteiger partial charge in [0.1, 0.15) is 0 Å². The topological polar surface area (TPSA) is 43.8 Å². The molecule has 0 spiro atoms. The summed E-state index contributed by atoms with van der Waals surface area (Å²) in [7, 11) is 1.98. The summed E-state index contributed by atoms with van der Waals surface area (Å²) in [4.78, 5) is 4.25. The molecule has 2 N–H and O–H groups in total. The third-order valence-corrected chi connectivity index (χ3v) is 2.69. The molecule has 0 aromatic carbocycles. The van der Waals surface area contributed by atoms with E-state index in [2.05, 4.69) is 4.98 Å². The molecule has 1 fully saturated rings. The van der Waals surface area contributed by atoms with Gasteiger partial charge in [-0.2, -0.15) is 0 Å². The molecule has 2 rings (SSSR count). The minimum atomic E-state index is 0.141. The number of aryl methyl sites for hydroxylation is 1. The van der Waals surface area contributed by atoms with Crippen molar-refractivity contribution in [3.63, 3.8) is 0 Å². The highest BCUT2D eigenvalue weighted by Gasteiger charge is 2.22. The van der Waals surface area contributed by atoms with E-state index in [0.29, 0.717) is 0 Å². The summed E-state index contributed by atoms with van der Waals surface area (Å²) in [5.41, 5.74) is 7.04. The predicted molar refractivity (Wildman–Crippen MR) is 52.1 cm³/mol. The summed E-state index contributed by atoms with van der Waals surface area (Å²) >= 11 is 0. The van der Waals surface area contributed by atoms with Crippen molar-refractivity contribution in [2.45, 2.75) is 31.7 Å². The smallest absolute Gasteiger partial charge is 0.0947 e. The molecule has 0 amide bonds. The van der Waals surface area contributed by atoms with Gasteiger partial charge in [0, 0.05) is 19.3 Å². The quantitative estimate of drug-likeness (QED) is 0.763. The Kier molecular flexibility index (Phi) is 2.36. The first kappa shape index (κ1) is 8.75. The number of imidazole rings is 1. The van der Waals surface area contributed by atoms with E-state index in [4.69, 9.17) is 5.73 Å². The Balaban J connectivity index is 1.84. The largest absolute Gasteiger partial charge is 0.340 e. The SMILES string of the molecule is Cn1cnc(C(N)CCC2CC2)c1. The van der Waals surface area contributed by atoms with Crippen LogP contribution >= 0.6 is 0 Å². The highest BCUT2D eigenvalue weighted by molar-refractivity contribution is 5.02. The van der Waals surface area contributed by atoms with Gasteiger partial charge in [0.05, 0.1) is 12.0 Å². The average Bonchev–Trinajstić information content (AvgIpc) is 2.84. The maximum absolute atomic E-state index is 6.01. The van der Waals surface area contributed by atoms with Crippen LogP contribution in [0.4, 0.5) is 0 Å². The molecule has 1 aromatic heterocycles. The lowest BCUT2D eigenvalue weighted by Gasteiger charge is -2.07. The summed E-state index contributed by atoms with van der Waals surface area (Å²) < 4.78 is 1.95. The highest BCUT2D eigenvalue weighted by Crippen LogP contribution is 2.35. The predicted octanol–water partition coefficient (Wildman–Crippen LogP) is 1.61. The molecule has 0 bridgehead atoms. The van der Waals surface area contributed by atoms with Gasteiger partial charge in [-0.25, -0.2) is 4.98 Å². The Bertz CT molecular complexity index is 275. The second-order valence-corrected chi connectivity index (χ2v) is 4.09. The maximum Gasteiger partial charge on any atom is 0.0947 e. The molecule has 1 heterocycles. The van der Waals surface area contributed by atoms with E-state index >= 15 is 0 Å². The Labute approximate surface area is 79.0 Å². The lowest BCUT2D eigenvalue weighted by atomic mass is 10.1. The molecular weight excluding hydrogens is 162 g/mol. The van der Waals surface area contributed by atoms with Crippen LogP contribution in [0, 0.1) is 5.92 Å². The van der Waals surface area contributed by atoms with Gasteiger partial charge >= 0.3 is 0 Å². The van der Waals surface area contributed by atoms with Crippen LogP contribution < -0.4 is 5.73 Å². The molecule has 72 valence electrons. The zero-order valence-corrected chi connectivity index (χ0v) is 8.11. The summed E-state index contributed by atoms with van der Waals surface area (Å²) in [6.07, 6.45) is 9.01. The van der Waals surface area contributed by atoms with Gasteiger partial charge in [0.15, 0.2) is 0 Å².